The first-order valence-corrected chi connectivity index (χ1v) is 9.44. The molecule has 1 aromatic heterocycles. The fourth-order valence-electron chi connectivity index (χ4n) is 3.32. The van der Waals surface area contributed by atoms with Crippen molar-refractivity contribution in [1.82, 2.24) is 15.6 Å². The molecule has 1 aromatic carbocycles. The van der Waals surface area contributed by atoms with Crippen LogP contribution in [0.5, 0.6) is 0 Å². The molecule has 4 rings (SSSR count). The second kappa shape index (κ2) is 6.84. The predicted molar refractivity (Wildman–Crippen MR) is 96.8 cm³/mol. The third-order valence-electron chi connectivity index (χ3n) is 4.67. The topological polar surface area (TPSA) is 74.3 Å². The van der Waals surface area contributed by atoms with Crippen LogP contribution < -0.4 is 15.5 Å². The predicted octanol–water partition coefficient (Wildman–Crippen LogP) is 1.71. The third-order valence-corrected chi connectivity index (χ3v) is 5.62. The van der Waals surface area contributed by atoms with E-state index in [0.29, 0.717) is 18.5 Å². The molecule has 130 valence electrons. The summed E-state index contributed by atoms with van der Waals surface area (Å²) >= 11 is 1.62. The number of amides is 2. The number of carbonyl (C=O) groups excluding carboxylic acids is 2. The van der Waals surface area contributed by atoms with Gasteiger partial charge in [-0.15, -0.1) is 11.3 Å². The number of nitrogens with one attached hydrogen (secondary N) is 2. The maximum Gasteiger partial charge on any atom is 0.252 e. The Kier molecular flexibility index (Phi) is 4.40. The molecule has 6 nitrogen and oxygen atoms in total. The van der Waals surface area contributed by atoms with Crippen LogP contribution in [-0.2, 0) is 17.8 Å². The van der Waals surface area contributed by atoms with Crippen LogP contribution in [0.2, 0.25) is 0 Å². The summed E-state index contributed by atoms with van der Waals surface area (Å²) in [5.74, 6) is -0.356. The molecule has 1 unspecified atom stereocenters. The number of fused-ring (bicyclic) bond motifs is 1. The SMILES string of the molecule is O=C1NC(C(=O)NCc2csc(N3CCCC3)n2)Cc2ccccc21. The maximum atomic E-state index is 12.4. The number of anilines is 1. The van der Waals surface area contributed by atoms with E-state index in [1.54, 1.807) is 17.4 Å². The first kappa shape index (κ1) is 16.1. The van der Waals surface area contributed by atoms with E-state index in [0.717, 1.165) is 29.5 Å². The standard InChI is InChI=1S/C18H20N4O2S/c23-16-14-6-2-1-5-12(14)9-15(21-16)17(24)19-10-13-11-25-18(20-13)22-7-3-4-8-22/h1-2,5-6,11,15H,3-4,7-10H2,(H,19,24)(H,21,23). The van der Waals surface area contributed by atoms with Gasteiger partial charge in [0.15, 0.2) is 5.13 Å². The summed E-state index contributed by atoms with van der Waals surface area (Å²) in [5, 5.41) is 8.70. The first-order chi connectivity index (χ1) is 12.2. The lowest BCUT2D eigenvalue weighted by Gasteiger charge is -2.24. The maximum absolute atomic E-state index is 12.4. The number of hydrogen-bond donors (Lipinski definition) is 2. The van der Waals surface area contributed by atoms with Crippen LogP contribution >= 0.6 is 11.3 Å². The lowest BCUT2D eigenvalue weighted by Crippen LogP contribution is -2.50. The Bertz CT molecular complexity index is 798. The fraction of sp³-hybridized carbons (Fsp3) is 0.389. The van der Waals surface area contributed by atoms with Crippen LogP contribution in [0.25, 0.3) is 0 Å². The zero-order valence-electron chi connectivity index (χ0n) is 13.8. The lowest BCUT2D eigenvalue weighted by molar-refractivity contribution is -0.123. The molecule has 1 fully saturated rings. The van der Waals surface area contributed by atoms with Gasteiger partial charge in [0.05, 0.1) is 12.2 Å². The largest absolute Gasteiger partial charge is 0.349 e. The number of benzene rings is 1. The van der Waals surface area contributed by atoms with Gasteiger partial charge in [-0.05, 0) is 24.5 Å². The molecular formula is C18H20N4O2S. The monoisotopic (exact) mass is 356 g/mol. The van der Waals surface area contributed by atoms with Gasteiger partial charge in [0.2, 0.25) is 5.91 Å². The van der Waals surface area contributed by atoms with Crippen LogP contribution in [0.1, 0.15) is 34.5 Å². The molecular weight excluding hydrogens is 336 g/mol. The zero-order valence-corrected chi connectivity index (χ0v) is 14.6. The molecule has 0 saturated carbocycles. The van der Waals surface area contributed by atoms with E-state index < -0.39 is 6.04 Å². The molecule has 1 atom stereocenters. The van der Waals surface area contributed by atoms with Gasteiger partial charge in [-0.1, -0.05) is 18.2 Å². The van der Waals surface area contributed by atoms with E-state index in [9.17, 15) is 9.59 Å². The summed E-state index contributed by atoms with van der Waals surface area (Å²) in [6.07, 6.45) is 2.95. The van der Waals surface area contributed by atoms with Crippen LogP contribution in [0.4, 0.5) is 5.13 Å². The molecule has 0 spiro atoms. The van der Waals surface area contributed by atoms with Gasteiger partial charge < -0.3 is 15.5 Å². The van der Waals surface area contributed by atoms with E-state index in [1.807, 2.05) is 23.6 Å². The number of thiazole rings is 1. The van der Waals surface area contributed by atoms with Gasteiger partial charge in [0, 0.05) is 30.5 Å². The first-order valence-electron chi connectivity index (χ1n) is 8.56. The average molecular weight is 356 g/mol. The van der Waals surface area contributed by atoms with Gasteiger partial charge in [-0.25, -0.2) is 4.98 Å². The molecule has 2 aliphatic heterocycles. The Morgan fingerprint density at radius 3 is 2.96 bits per heavy atom. The fourth-order valence-corrected chi connectivity index (χ4v) is 4.20. The Balaban J connectivity index is 1.36. The van der Waals surface area contributed by atoms with E-state index in [2.05, 4.69) is 20.5 Å². The van der Waals surface area contributed by atoms with Crippen molar-refractivity contribution < 1.29 is 9.59 Å². The van der Waals surface area contributed by atoms with E-state index in [1.165, 1.54) is 12.8 Å². The number of rotatable bonds is 4. The summed E-state index contributed by atoms with van der Waals surface area (Å²) in [7, 11) is 0. The van der Waals surface area contributed by atoms with Crippen molar-refractivity contribution in [3.63, 3.8) is 0 Å². The summed E-state index contributed by atoms with van der Waals surface area (Å²) in [6.45, 7) is 2.51. The third kappa shape index (κ3) is 3.37. The van der Waals surface area contributed by atoms with E-state index in [-0.39, 0.29) is 11.8 Å². The summed E-state index contributed by atoms with van der Waals surface area (Å²) in [4.78, 5) is 31.4. The second-order valence-electron chi connectivity index (χ2n) is 6.42. The molecule has 0 bridgehead atoms. The smallest absolute Gasteiger partial charge is 0.252 e. The molecule has 2 aromatic rings. The highest BCUT2D eigenvalue weighted by Crippen LogP contribution is 2.24. The normalized spacial score (nSPS) is 19.4. The van der Waals surface area contributed by atoms with Crippen LogP contribution in [0.15, 0.2) is 29.6 Å². The summed E-state index contributed by atoms with van der Waals surface area (Å²) in [6, 6.07) is 6.88. The lowest BCUT2D eigenvalue weighted by atomic mass is 9.95. The van der Waals surface area contributed by atoms with Gasteiger partial charge in [0.25, 0.3) is 5.91 Å². The molecule has 2 amide bonds. The molecule has 2 N–H and O–H groups in total. The molecule has 25 heavy (non-hydrogen) atoms. The Morgan fingerprint density at radius 1 is 1.32 bits per heavy atom. The van der Waals surface area contributed by atoms with Crippen molar-refractivity contribution in [3.05, 3.63) is 46.5 Å². The van der Waals surface area contributed by atoms with Gasteiger partial charge in [-0.2, -0.15) is 0 Å². The van der Waals surface area contributed by atoms with Gasteiger partial charge in [0.1, 0.15) is 6.04 Å². The van der Waals surface area contributed by atoms with Crippen molar-refractivity contribution in [1.29, 1.82) is 0 Å². The molecule has 2 aliphatic rings. The van der Waals surface area contributed by atoms with Crippen molar-refractivity contribution in [3.8, 4) is 0 Å². The summed E-state index contributed by atoms with van der Waals surface area (Å²) < 4.78 is 0. The minimum Gasteiger partial charge on any atom is -0.349 e. The van der Waals surface area contributed by atoms with Crippen LogP contribution in [0.3, 0.4) is 0 Å². The van der Waals surface area contributed by atoms with E-state index >= 15 is 0 Å². The Labute approximate surface area is 150 Å². The van der Waals surface area contributed by atoms with Crippen molar-refractivity contribution >= 4 is 28.3 Å². The Hall–Kier alpha value is -2.41. The molecule has 0 aliphatic carbocycles. The van der Waals surface area contributed by atoms with Gasteiger partial charge in [-0.3, -0.25) is 9.59 Å². The van der Waals surface area contributed by atoms with Crippen molar-refractivity contribution in [2.45, 2.75) is 31.8 Å². The highest BCUT2D eigenvalue weighted by atomic mass is 32.1. The number of aromatic nitrogens is 1. The van der Waals surface area contributed by atoms with Crippen LogP contribution in [0, 0.1) is 0 Å². The molecule has 0 radical (unpaired) electrons. The average Bonchev–Trinajstić information content (AvgIpc) is 3.31. The molecule has 3 heterocycles. The second-order valence-corrected chi connectivity index (χ2v) is 7.26. The molecule has 1 saturated heterocycles. The number of hydrogen-bond acceptors (Lipinski definition) is 5. The Morgan fingerprint density at radius 2 is 2.12 bits per heavy atom. The van der Waals surface area contributed by atoms with E-state index in [4.69, 9.17) is 0 Å². The molecule has 7 heteroatoms. The number of nitrogens with zero attached hydrogens (tertiary/aromatic N) is 2. The van der Waals surface area contributed by atoms with Crippen molar-refractivity contribution in [2.75, 3.05) is 18.0 Å². The van der Waals surface area contributed by atoms with Crippen molar-refractivity contribution in [2.24, 2.45) is 0 Å². The highest BCUT2D eigenvalue weighted by molar-refractivity contribution is 7.13. The number of carbonyl (C=O) groups is 2. The van der Waals surface area contributed by atoms with Crippen LogP contribution in [-0.4, -0.2) is 35.9 Å². The quantitative estimate of drug-likeness (QED) is 0.875. The highest BCUT2D eigenvalue weighted by Gasteiger charge is 2.28. The minimum absolute atomic E-state index is 0.168. The zero-order chi connectivity index (χ0) is 17.2. The minimum atomic E-state index is -0.529. The summed E-state index contributed by atoms with van der Waals surface area (Å²) in [5.41, 5.74) is 2.43. The van der Waals surface area contributed by atoms with Gasteiger partial charge >= 0.3 is 0 Å².